The van der Waals surface area contributed by atoms with Gasteiger partial charge in [-0.05, 0) is 32.4 Å². The number of nitrogens with zero attached hydrogens (tertiary/aromatic N) is 7. The Bertz CT molecular complexity index is 1400. The Morgan fingerprint density at radius 2 is 1.80 bits per heavy atom. The molecule has 0 N–H and O–H groups in total. The lowest BCUT2D eigenvalue weighted by Gasteiger charge is -2.08. The van der Waals surface area contributed by atoms with Crippen molar-refractivity contribution in [2.75, 3.05) is 6.26 Å². The third kappa shape index (κ3) is 3.07. The van der Waals surface area contributed by atoms with Gasteiger partial charge in [-0.25, -0.2) is 23.4 Å². The molecule has 1 aliphatic carbocycles. The van der Waals surface area contributed by atoms with E-state index in [2.05, 4.69) is 24.6 Å². The number of sulfone groups is 1. The first-order valence-electron chi connectivity index (χ1n) is 9.63. The number of aromatic nitrogens is 7. The Morgan fingerprint density at radius 3 is 2.47 bits per heavy atom. The van der Waals surface area contributed by atoms with Crippen LogP contribution in [0, 0.1) is 13.8 Å². The highest BCUT2D eigenvalue weighted by Crippen LogP contribution is 2.54. The largest absolute Gasteiger partial charge is 0.331 e. The highest BCUT2D eigenvalue weighted by molar-refractivity contribution is 7.90. The van der Waals surface area contributed by atoms with Crippen molar-refractivity contribution in [3.63, 3.8) is 0 Å². The molecular weight excluding hydrogens is 402 g/mol. The van der Waals surface area contributed by atoms with Crippen LogP contribution in [0.4, 0.5) is 0 Å². The second kappa shape index (κ2) is 6.43. The summed E-state index contributed by atoms with van der Waals surface area (Å²) in [5.41, 5.74) is 2.71. The van der Waals surface area contributed by atoms with Crippen LogP contribution in [0.5, 0.6) is 0 Å². The molecule has 154 valence electrons. The molecule has 1 unspecified atom stereocenters. The van der Waals surface area contributed by atoms with Crippen molar-refractivity contribution in [2.45, 2.75) is 37.3 Å². The minimum absolute atomic E-state index is 0.0766. The van der Waals surface area contributed by atoms with Crippen LogP contribution in [0.3, 0.4) is 0 Å². The van der Waals surface area contributed by atoms with Crippen molar-refractivity contribution in [3.05, 3.63) is 53.5 Å². The molecule has 3 heterocycles. The fourth-order valence-electron chi connectivity index (χ4n) is 3.94. The maximum absolute atomic E-state index is 12.2. The molecule has 0 aliphatic heterocycles. The Balaban J connectivity index is 1.58. The van der Waals surface area contributed by atoms with E-state index < -0.39 is 9.84 Å². The number of aryl methyl sites for hydroxylation is 3. The lowest BCUT2D eigenvalue weighted by Crippen LogP contribution is -2.12. The first-order valence-corrected chi connectivity index (χ1v) is 11.5. The van der Waals surface area contributed by atoms with Crippen LogP contribution in [0.15, 0.2) is 35.5 Å². The average molecular weight is 424 g/mol. The van der Waals surface area contributed by atoms with Gasteiger partial charge in [-0.2, -0.15) is 9.67 Å². The zero-order valence-corrected chi connectivity index (χ0v) is 17.9. The van der Waals surface area contributed by atoms with E-state index in [4.69, 9.17) is 4.98 Å². The van der Waals surface area contributed by atoms with Gasteiger partial charge >= 0.3 is 0 Å². The molecule has 1 aromatic carbocycles. The summed E-state index contributed by atoms with van der Waals surface area (Å²) in [4.78, 5) is 17.7. The molecule has 1 fully saturated rings. The van der Waals surface area contributed by atoms with Crippen molar-refractivity contribution in [1.29, 1.82) is 0 Å². The molecule has 1 aliphatic rings. The molecule has 0 spiro atoms. The second-order valence-electron chi connectivity index (χ2n) is 7.79. The van der Waals surface area contributed by atoms with Crippen molar-refractivity contribution in [2.24, 2.45) is 7.05 Å². The van der Waals surface area contributed by atoms with E-state index in [9.17, 15) is 8.42 Å². The molecule has 5 rings (SSSR count). The van der Waals surface area contributed by atoms with Crippen molar-refractivity contribution >= 4 is 20.9 Å². The lowest BCUT2D eigenvalue weighted by atomic mass is 10.2. The van der Waals surface area contributed by atoms with E-state index in [1.807, 2.05) is 37.4 Å². The van der Waals surface area contributed by atoms with Gasteiger partial charge in [-0.3, -0.25) is 0 Å². The minimum atomic E-state index is -3.58. The van der Waals surface area contributed by atoms with Crippen LogP contribution < -0.4 is 0 Å². The molecule has 4 aromatic rings. The quantitative estimate of drug-likeness (QED) is 0.463. The zero-order chi connectivity index (χ0) is 21.2. The van der Waals surface area contributed by atoms with Gasteiger partial charge in [0.15, 0.2) is 5.82 Å². The molecule has 10 heteroatoms. The summed E-state index contributed by atoms with van der Waals surface area (Å²) >= 11 is 0. The van der Waals surface area contributed by atoms with Gasteiger partial charge < -0.3 is 4.57 Å². The molecule has 30 heavy (non-hydrogen) atoms. The van der Waals surface area contributed by atoms with Gasteiger partial charge in [-0.1, -0.05) is 12.1 Å². The smallest absolute Gasteiger partial charge is 0.249 e. The lowest BCUT2D eigenvalue weighted by molar-refractivity contribution is 0.589. The Labute approximate surface area is 173 Å². The predicted molar refractivity (Wildman–Crippen MR) is 110 cm³/mol. The minimum Gasteiger partial charge on any atom is -0.331 e. The molecular formula is C20H21N7O2S. The summed E-state index contributed by atoms with van der Waals surface area (Å²) in [5, 5.41) is 4.15. The summed E-state index contributed by atoms with van der Waals surface area (Å²) < 4.78 is 28.1. The first kappa shape index (κ1) is 18.9. The van der Waals surface area contributed by atoms with Gasteiger partial charge in [0.25, 0.3) is 0 Å². The zero-order valence-electron chi connectivity index (χ0n) is 17.1. The number of hydrogen-bond donors (Lipinski definition) is 0. The Morgan fingerprint density at radius 1 is 1.03 bits per heavy atom. The van der Waals surface area contributed by atoms with E-state index in [1.54, 1.807) is 18.5 Å². The summed E-state index contributed by atoms with van der Waals surface area (Å²) in [6, 6.07) is 9.82. The molecule has 0 radical (unpaired) electrons. The maximum Gasteiger partial charge on any atom is 0.249 e. The first-order chi connectivity index (χ1) is 14.2. The number of hydrogen-bond acceptors (Lipinski definition) is 7. The molecule has 9 nitrogen and oxygen atoms in total. The number of rotatable bonds is 4. The van der Waals surface area contributed by atoms with E-state index in [0.29, 0.717) is 23.2 Å². The number of benzene rings is 1. The van der Waals surface area contributed by atoms with Crippen LogP contribution in [0.2, 0.25) is 0 Å². The van der Waals surface area contributed by atoms with Crippen LogP contribution in [0.25, 0.3) is 16.9 Å². The van der Waals surface area contributed by atoms with Gasteiger partial charge in [0.1, 0.15) is 17.5 Å². The summed E-state index contributed by atoms with van der Waals surface area (Å²) in [6.07, 6.45) is 1.97. The summed E-state index contributed by atoms with van der Waals surface area (Å²) in [6.45, 7) is 3.59. The summed E-state index contributed by atoms with van der Waals surface area (Å²) in [7, 11) is -1.57. The predicted octanol–water partition coefficient (Wildman–Crippen LogP) is 2.24. The van der Waals surface area contributed by atoms with E-state index in [1.165, 1.54) is 0 Å². The van der Waals surface area contributed by atoms with Crippen molar-refractivity contribution < 1.29 is 8.42 Å². The van der Waals surface area contributed by atoms with Gasteiger partial charge in [0, 0.05) is 31.2 Å². The monoisotopic (exact) mass is 423 g/mol. The average Bonchev–Trinajstić information content (AvgIpc) is 3.32. The molecule has 0 saturated heterocycles. The fourth-order valence-corrected chi connectivity index (χ4v) is 4.47. The normalized spacial score (nSPS) is 18.8. The third-order valence-corrected chi connectivity index (χ3v) is 6.31. The molecule has 2 atom stereocenters. The number of para-hydroxylation sites is 2. The van der Waals surface area contributed by atoms with Crippen LogP contribution in [0.1, 0.15) is 41.4 Å². The Kier molecular flexibility index (Phi) is 4.04. The Hall–Kier alpha value is -3.14. The van der Waals surface area contributed by atoms with Crippen LogP contribution >= 0.6 is 0 Å². The third-order valence-electron chi connectivity index (χ3n) is 5.46. The SMILES string of the molecule is Cc1nc(C)n(-c2cc(C3C[C@@H]3c3nc4ccccc4n3C)nc(S(C)(=O)=O)n2)n1. The summed E-state index contributed by atoms with van der Waals surface area (Å²) in [5.74, 6) is 2.88. The standard InChI is InChI=1S/C20H21N7O2S/c1-11-21-12(2)27(25-11)18-10-16(23-20(24-18)30(4,28)29)13-9-14(13)19-22-15-7-5-6-8-17(15)26(19)3/h5-8,10,13-14H,9H2,1-4H3/t13?,14-/m0/s1. The highest BCUT2D eigenvalue weighted by atomic mass is 32.2. The topological polar surface area (TPSA) is 108 Å². The molecule has 0 bridgehead atoms. The highest BCUT2D eigenvalue weighted by Gasteiger charge is 2.44. The number of fused-ring (bicyclic) bond motifs is 1. The van der Waals surface area contributed by atoms with Gasteiger partial charge in [0.2, 0.25) is 15.0 Å². The van der Waals surface area contributed by atoms with Crippen LogP contribution in [-0.4, -0.2) is 49.0 Å². The van der Waals surface area contributed by atoms with Crippen molar-refractivity contribution in [1.82, 2.24) is 34.3 Å². The van der Waals surface area contributed by atoms with E-state index in [0.717, 1.165) is 29.5 Å². The van der Waals surface area contributed by atoms with Crippen LogP contribution in [-0.2, 0) is 16.9 Å². The van der Waals surface area contributed by atoms with Gasteiger partial charge in [0.05, 0.1) is 16.7 Å². The molecule has 1 saturated carbocycles. The second-order valence-corrected chi connectivity index (χ2v) is 9.70. The maximum atomic E-state index is 12.2. The van der Waals surface area contributed by atoms with Crippen molar-refractivity contribution in [3.8, 4) is 5.82 Å². The molecule has 0 amide bonds. The number of imidazole rings is 1. The van der Waals surface area contributed by atoms with Gasteiger partial charge in [-0.15, -0.1) is 5.10 Å². The molecule has 3 aromatic heterocycles. The fraction of sp³-hybridized carbons (Fsp3) is 0.350. The van der Waals surface area contributed by atoms with E-state index in [-0.39, 0.29) is 17.0 Å². The van der Waals surface area contributed by atoms with E-state index >= 15 is 0 Å².